The molecule has 0 spiro atoms. The SMILES string of the molecule is Cc1cc(S(=O)(=O)N(C)C2CC2)ccc1N1CCc2[nH]c(-c3c(F)cccc3F)cc2C1. The third-order valence-corrected chi connectivity index (χ3v) is 8.37. The number of hydrogen-bond donors (Lipinski definition) is 1. The first-order valence-electron chi connectivity index (χ1n) is 10.7. The molecule has 0 radical (unpaired) electrons. The number of anilines is 1. The molecule has 8 heteroatoms. The number of nitrogens with one attached hydrogen (secondary N) is 1. The minimum Gasteiger partial charge on any atom is -0.367 e. The van der Waals surface area contributed by atoms with Gasteiger partial charge in [0.1, 0.15) is 11.6 Å². The van der Waals surface area contributed by atoms with Gasteiger partial charge < -0.3 is 9.88 Å². The highest BCUT2D eigenvalue weighted by Gasteiger charge is 2.35. The van der Waals surface area contributed by atoms with Crippen LogP contribution in [0.15, 0.2) is 47.4 Å². The zero-order valence-electron chi connectivity index (χ0n) is 18.0. The van der Waals surface area contributed by atoms with Gasteiger partial charge in [0.25, 0.3) is 0 Å². The van der Waals surface area contributed by atoms with Gasteiger partial charge in [-0.15, -0.1) is 0 Å². The Hall–Kier alpha value is -2.71. The Kier molecular flexibility index (Phi) is 5.09. The van der Waals surface area contributed by atoms with E-state index in [0.717, 1.165) is 41.9 Å². The van der Waals surface area contributed by atoms with Gasteiger partial charge in [0, 0.05) is 44.0 Å². The summed E-state index contributed by atoms with van der Waals surface area (Å²) >= 11 is 0. The van der Waals surface area contributed by atoms with Gasteiger partial charge in [-0.2, -0.15) is 4.31 Å². The van der Waals surface area contributed by atoms with Gasteiger partial charge in [-0.1, -0.05) is 6.07 Å². The van der Waals surface area contributed by atoms with Crippen LogP contribution in [0.3, 0.4) is 0 Å². The first-order chi connectivity index (χ1) is 15.3. The van der Waals surface area contributed by atoms with E-state index in [1.165, 1.54) is 22.5 Å². The van der Waals surface area contributed by atoms with E-state index < -0.39 is 21.7 Å². The molecule has 2 heterocycles. The summed E-state index contributed by atoms with van der Waals surface area (Å²) in [7, 11) is -1.85. The molecule has 1 aliphatic heterocycles. The first kappa shape index (κ1) is 21.2. The number of nitrogens with zero attached hydrogens (tertiary/aromatic N) is 2. The predicted octanol–water partition coefficient (Wildman–Crippen LogP) is 4.61. The van der Waals surface area contributed by atoms with Crippen LogP contribution in [0.1, 0.15) is 29.7 Å². The van der Waals surface area contributed by atoms with Crippen LogP contribution in [0.2, 0.25) is 0 Å². The number of H-pyrrole nitrogens is 1. The monoisotopic (exact) mass is 457 g/mol. The zero-order chi connectivity index (χ0) is 22.6. The molecule has 168 valence electrons. The Labute approximate surface area is 186 Å². The van der Waals surface area contributed by atoms with Crippen LogP contribution in [-0.4, -0.2) is 37.3 Å². The molecule has 0 saturated heterocycles. The molecule has 32 heavy (non-hydrogen) atoms. The average Bonchev–Trinajstić information content (AvgIpc) is 3.52. The number of aryl methyl sites for hydroxylation is 1. The van der Waals surface area contributed by atoms with Crippen LogP contribution < -0.4 is 4.90 Å². The van der Waals surface area contributed by atoms with E-state index in [1.54, 1.807) is 19.2 Å². The molecular weight excluding hydrogens is 432 g/mol. The Balaban J connectivity index is 1.41. The number of sulfonamides is 1. The smallest absolute Gasteiger partial charge is 0.243 e. The molecule has 0 amide bonds. The number of aromatic nitrogens is 1. The number of halogens is 2. The Morgan fingerprint density at radius 2 is 1.81 bits per heavy atom. The van der Waals surface area contributed by atoms with E-state index in [-0.39, 0.29) is 11.6 Å². The molecule has 1 saturated carbocycles. The predicted molar refractivity (Wildman–Crippen MR) is 120 cm³/mol. The van der Waals surface area contributed by atoms with Gasteiger partial charge >= 0.3 is 0 Å². The van der Waals surface area contributed by atoms with Crippen molar-refractivity contribution < 1.29 is 17.2 Å². The topological polar surface area (TPSA) is 56.4 Å². The van der Waals surface area contributed by atoms with Crippen molar-refractivity contribution in [3.8, 4) is 11.3 Å². The maximum atomic E-state index is 14.2. The van der Waals surface area contributed by atoms with Crippen LogP contribution in [0.4, 0.5) is 14.5 Å². The fraction of sp³-hybridized carbons (Fsp3) is 0.333. The number of benzene rings is 2. The minimum absolute atomic E-state index is 0.0426. The van der Waals surface area contributed by atoms with Crippen molar-refractivity contribution in [2.75, 3.05) is 18.5 Å². The van der Waals surface area contributed by atoms with Gasteiger partial charge in [0.2, 0.25) is 10.0 Å². The number of hydrogen-bond acceptors (Lipinski definition) is 3. The fourth-order valence-corrected chi connectivity index (χ4v) is 5.98. The summed E-state index contributed by atoms with van der Waals surface area (Å²) in [5.41, 5.74) is 4.20. The van der Waals surface area contributed by atoms with Crippen LogP contribution in [0, 0.1) is 18.6 Å². The lowest BCUT2D eigenvalue weighted by Gasteiger charge is -2.30. The van der Waals surface area contributed by atoms with E-state index in [0.29, 0.717) is 23.6 Å². The standard InChI is InChI=1S/C24H25F2N3O2S/c1-15-12-18(32(30,31)28(2)17-6-7-17)8-9-23(15)29-11-10-21-16(14-29)13-22(27-21)24-19(25)4-3-5-20(24)26/h3-5,8-9,12-13,17,27H,6-7,10-11,14H2,1-2H3. The second-order valence-corrected chi connectivity index (χ2v) is 10.7. The zero-order valence-corrected chi connectivity index (χ0v) is 18.8. The Morgan fingerprint density at radius 1 is 1.09 bits per heavy atom. The van der Waals surface area contributed by atoms with Crippen molar-refractivity contribution in [3.63, 3.8) is 0 Å². The summed E-state index contributed by atoms with van der Waals surface area (Å²) in [4.78, 5) is 5.67. The Bertz CT molecular complexity index is 1280. The lowest BCUT2D eigenvalue weighted by Crippen LogP contribution is -2.31. The maximum Gasteiger partial charge on any atom is 0.243 e. The largest absolute Gasteiger partial charge is 0.367 e. The Morgan fingerprint density at radius 3 is 2.47 bits per heavy atom. The van der Waals surface area contributed by atoms with E-state index in [1.807, 2.05) is 19.1 Å². The number of aromatic amines is 1. The summed E-state index contributed by atoms with van der Waals surface area (Å²) in [6.07, 6.45) is 2.53. The first-order valence-corrected chi connectivity index (χ1v) is 12.2. The van der Waals surface area contributed by atoms with Crippen molar-refractivity contribution in [1.29, 1.82) is 0 Å². The molecule has 1 fully saturated rings. The summed E-state index contributed by atoms with van der Waals surface area (Å²) < 4.78 is 55.6. The summed E-state index contributed by atoms with van der Waals surface area (Å²) in [6, 6.07) is 11.0. The van der Waals surface area contributed by atoms with Gasteiger partial charge in [-0.3, -0.25) is 0 Å². The summed E-state index contributed by atoms with van der Waals surface area (Å²) in [5, 5.41) is 0. The molecule has 1 N–H and O–H groups in total. The second kappa shape index (κ2) is 7.71. The van der Waals surface area contributed by atoms with Crippen LogP contribution in [0.25, 0.3) is 11.3 Å². The molecule has 5 rings (SSSR count). The highest BCUT2D eigenvalue weighted by Crippen LogP contribution is 2.34. The molecular formula is C24H25F2N3O2S. The van der Waals surface area contributed by atoms with Crippen LogP contribution in [-0.2, 0) is 23.0 Å². The average molecular weight is 458 g/mol. The van der Waals surface area contributed by atoms with Crippen molar-refractivity contribution in [2.45, 2.75) is 43.7 Å². The van der Waals surface area contributed by atoms with E-state index >= 15 is 0 Å². The molecule has 2 aliphatic rings. The molecule has 0 atom stereocenters. The van der Waals surface area contributed by atoms with Gasteiger partial charge in [-0.05, 0) is 67.3 Å². The van der Waals surface area contributed by atoms with Gasteiger partial charge in [0.15, 0.2) is 0 Å². The summed E-state index contributed by atoms with van der Waals surface area (Å²) in [5.74, 6) is -1.19. The highest BCUT2D eigenvalue weighted by atomic mass is 32.2. The molecule has 2 aromatic carbocycles. The lowest BCUT2D eigenvalue weighted by atomic mass is 10.0. The van der Waals surface area contributed by atoms with Crippen molar-refractivity contribution in [3.05, 3.63) is 70.9 Å². The van der Waals surface area contributed by atoms with E-state index in [9.17, 15) is 17.2 Å². The maximum absolute atomic E-state index is 14.2. The fourth-order valence-electron chi connectivity index (χ4n) is 4.48. The van der Waals surface area contributed by atoms with Crippen LogP contribution >= 0.6 is 0 Å². The molecule has 0 unspecified atom stereocenters. The van der Waals surface area contributed by atoms with E-state index in [4.69, 9.17) is 0 Å². The van der Waals surface area contributed by atoms with Crippen molar-refractivity contribution in [2.24, 2.45) is 0 Å². The van der Waals surface area contributed by atoms with Gasteiger partial charge in [-0.25, -0.2) is 17.2 Å². The number of fused-ring (bicyclic) bond motifs is 1. The van der Waals surface area contributed by atoms with Crippen molar-refractivity contribution in [1.82, 2.24) is 9.29 Å². The molecule has 1 aromatic heterocycles. The molecule has 1 aliphatic carbocycles. The molecule has 5 nitrogen and oxygen atoms in total. The normalized spacial score (nSPS) is 16.5. The molecule has 0 bridgehead atoms. The minimum atomic E-state index is -3.49. The second-order valence-electron chi connectivity index (χ2n) is 8.66. The van der Waals surface area contributed by atoms with Gasteiger partial charge in [0.05, 0.1) is 16.2 Å². The lowest BCUT2D eigenvalue weighted by molar-refractivity contribution is 0.464. The van der Waals surface area contributed by atoms with Crippen molar-refractivity contribution >= 4 is 15.7 Å². The third-order valence-electron chi connectivity index (χ3n) is 6.46. The number of rotatable bonds is 5. The third kappa shape index (κ3) is 3.61. The summed E-state index contributed by atoms with van der Waals surface area (Å²) in [6.45, 7) is 3.22. The van der Waals surface area contributed by atoms with E-state index in [2.05, 4.69) is 9.88 Å². The quantitative estimate of drug-likeness (QED) is 0.609. The van der Waals surface area contributed by atoms with Crippen LogP contribution in [0.5, 0.6) is 0 Å². The highest BCUT2D eigenvalue weighted by molar-refractivity contribution is 7.89. The molecule has 3 aromatic rings.